The molecule has 114 valence electrons. The van der Waals surface area contributed by atoms with Gasteiger partial charge in [-0.15, -0.1) is 0 Å². The third-order valence-corrected chi connectivity index (χ3v) is 4.10. The number of ether oxygens (including phenoxy) is 1. The average Bonchev–Trinajstić information content (AvgIpc) is 2.40. The van der Waals surface area contributed by atoms with Crippen molar-refractivity contribution in [3.63, 3.8) is 0 Å². The predicted octanol–water partition coefficient (Wildman–Crippen LogP) is 3.62. The zero-order valence-electron chi connectivity index (χ0n) is 11.2. The van der Waals surface area contributed by atoms with Crippen molar-refractivity contribution in [1.82, 2.24) is 5.32 Å². The van der Waals surface area contributed by atoms with Gasteiger partial charge in [-0.1, -0.05) is 41.5 Å². The van der Waals surface area contributed by atoms with Crippen molar-refractivity contribution in [1.29, 1.82) is 0 Å². The molecule has 0 aliphatic carbocycles. The second kappa shape index (κ2) is 7.53. The SMILES string of the molecule is C=C(NC(C)Sc1cc([N+](=O)[O-])c(Cl)cc1Cl)C(=O)OC. The van der Waals surface area contributed by atoms with Gasteiger partial charge in [0.15, 0.2) is 0 Å². The number of nitro groups is 1. The van der Waals surface area contributed by atoms with Crippen molar-refractivity contribution < 1.29 is 14.5 Å². The molecule has 0 radical (unpaired) electrons. The maximum atomic E-state index is 11.2. The van der Waals surface area contributed by atoms with Crippen LogP contribution in [0.2, 0.25) is 10.0 Å². The normalized spacial score (nSPS) is 11.6. The fourth-order valence-corrected chi connectivity index (χ4v) is 2.92. The van der Waals surface area contributed by atoms with Crippen molar-refractivity contribution in [2.24, 2.45) is 0 Å². The Labute approximate surface area is 135 Å². The van der Waals surface area contributed by atoms with E-state index in [1.807, 2.05) is 0 Å². The number of nitro benzene ring substituents is 1. The first-order valence-corrected chi connectivity index (χ1v) is 7.23. The minimum atomic E-state index is -0.589. The molecule has 0 heterocycles. The van der Waals surface area contributed by atoms with Crippen molar-refractivity contribution >= 4 is 46.6 Å². The molecule has 1 rings (SSSR count). The molecular weight excluding hydrogens is 339 g/mol. The van der Waals surface area contributed by atoms with E-state index < -0.39 is 10.9 Å². The van der Waals surface area contributed by atoms with Crippen LogP contribution in [0.3, 0.4) is 0 Å². The van der Waals surface area contributed by atoms with E-state index in [9.17, 15) is 14.9 Å². The number of carbonyl (C=O) groups excluding carboxylic acids is 1. The maximum absolute atomic E-state index is 11.2. The van der Waals surface area contributed by atoms with E-state index in [1.54, 1.807) is 6.92 Å². The van der Waals surface area contributed by atoms with Gasteiger partial charge in [0.2, 0.25) is 0 Å². The first-order chi connectivity index (χ1) is 9.76. The van der Waals surface area contributed by atoms with Crippen LogP contribution in [-0.2, 0) is 9.53 Å². The van der Waals surface area contributed by atoms with E-state index >= 15 is 0 Å². The summed E-state index contributed by atoms with van der Waals surface area (Å²) in [4.78, 5) is 22.0. The van der Waals surface area contributed by atoms with Gasteiger partial charge in [-0.25, -0.2) is 4.79 Å². The number of hydrogen-bond donors (Lipinski definition) is 1. The number of hydrogen-bond acceptors (Lipinski definition) is 6. The molecule has 1 aromatic rings. The highest BCUT2D eigenvalue weighted by atomic mass is 35.5. The number of carbonyl (C=O) groups is 1. The van der Waals surface area contributed by atoms with Gasteiger partial charge in [0.1, 0.15) is 10.7 Å². The van der Waals surface area contributed by atoms with E-state index in [0.717, 1.165) is 0 Å². The molecule has 6 nitrogen and oxygen atoms in total. The lowest BCUT2D eigenvalue weighted by molar-refractivity contribution is -0.384. The van der Waals surface area contributed by atoms with E-state index in [0.29, 0.717) is 4.90 Å². The predicted molar refractivity (Wildman–Crippen MR) is 82.7 cm³/mol. The standard InChI is InChI=1S/C12H12Cl2N2O4S/c1-6(12(17)20-3)15-7(2)21-11-5-10(16(18)19)8(13)4-9(11)14/h4-5,7,15H,1H2,2-3H3. The lowest BCUT2D eigenvalue weighted by atomic mass is 10.3. The number of rotatable bonds is 6. The van der Waals surface area contributed by atoms with Crippen LogP contribution in [0, 0.1) is 10.1 Å². The Morgan fingerprint density at radius 3 is 2.62 bits per heavy atom. The second-order valence-corrected chi connectivity index (χ2v) is 6.06. The molecule has 21 heavy (non-hydrogen) atoms. The third-order valence-electron chi connectivity index (χ3n) is 2.31. The minimum Gasteiger partial charge on any atom is -0.464 e. The monoisotopic (exact) mass is 350 g/mol. The largest absolute Gasteiger partial charge is 0.464 e. The van der Waals surface area contributed by atoms with Gasteiger partial charge in [-0.2, -0.15) is 0 Å². The van der Waals surface area contributed by atoms with Gasteiger partial charge in [-0.05, 0) is 13.0 Å². The lowest BCUT2D eigenvalue weighted by Gasteiger charge is -2.16. The highest BCUT2D eigenvalue weighted by Crippen LogP contribution is 2.37. The topological polar surface area (TPSA) is 81.5 Å². The summed E-state index contributed by atoms with van der Waals surface area (Å²) >= 11 is 13.0. The molecule has 0 saturated heterocycles. The number of nitrogens with one attached hydrogen (secondary N) is 1. The lowest BCUT2D eigenvalue weighted by Crippen LogP contribution is -2.27. The Balaban J connectivity index is 2.87. The molecule has 1 aromatic carbocycles. The summed E-state index contributed by atoms with van der Waals surface area (Å²) < 4.78 is 4.51. The molecule has 1 unspecified atom stereocenters. The van der Waals surface area contributed by atoms with Crippen molar-refractivity contribution in [3.05, 3.63) is 44.6 Å². The van der Waals surface area contributed by atoms with Crippen molar-refractivity contribution in [2.45, 2.75) is 17.2 Å². The summed E-state index contributed by atoms with van der Waals surface area (Å²) in [6.07, 6.45) is 0. The molecule has 9 heteroatoms. The number of methoxy groups -OCH3 is 1. The highest BCUT2D eigenvalue weighted by Gasteiger charge is 2.19. The smallest absolute Gasteiger partial charge is 0.353 e. The van der Waals surface area contributed by atoms with Crippen LogP contribution in [0.5, 0.6) is 0 Å². The Morgan fingerprint density at radius 1 is 1.48 bits per heavy atom. The highest BCUT2D eigenvalue weighted by molar-refractivity contribution is 8.00. The van der Waals surface area contributed by atoms with Gasteiger partial charge >= 0.3 is 5.97 Å². The molecule has 0 aliphatic rings. The molecular formula is C12H12Cl2N2O4S. The zero-order valence-corrected chi connectivity index (χ0v) is 13.5. The van der Waals surface area contributed by atoms with Crippen LogP contribution in [0.1, 0.15) is 6.92 Å². The second-order valence-electron chi connectivity index (χ2n) is 3.87. The van der Waals surface area contributed by atoms with Gasteiger partial charge in [0.05, 0.1) is 22.4 Å². The van der Waals surface area contributed by atoms with Crippen LogP contribution in [0.25, 0.3) is 0 Å². The van der Waals surface area contributed by atoms with E-state index in [2.05, 4.69) is 16.6 Å². The van der Waals surface area contributed by atoms with Crippen LogP contribution < -0.4 is 5.32 Å². The molecule has 0 aliphatic heterocycles. The molecule has 0 amide bonds. The Kier molecular flexibility index (Phi) is 6.32. The van der Waals surface area contributed by atoms with E-state index in [4.69, 9.17) is 23.2 Å². The summed E-state index contributed by atoms with van der Waals surface area (Å²) in [5, 5.41) is 13.6. The van der Waals surface area contributed by atoms with Gasteiger partial charge in [-0.3, -0.25) is 10.1 Å². The molecule has 0 saturated carbocycles. The van der Waals surface area contributed by atoms with Gasteiger partial charge < -0.3 is 10.1 Å². The molecule has 0 bridgehead atoms. The summed E-state index contributed by atoms with van der Waals surface area (Å²) in [6, 6.07) is 2.60. The molecule has 0 spiro atoms. The average molecular weight is 351 g/mol. The van der Waals surface area contributed by atoms with Gasteiger partial charge in [0.25, 0.3) is 5.69 Å². The minimum absolute atomic E-state index is 0.0334. The fourth-order valence-electron chi connectivity index (χ4n) is 1.40. The maximum Gasteiger partial charge on any atom is 0.353 e. The Hall–Kier alpha value is -1.44. The Bertz CT molecular complexity index is 595. The number of thioether (sulfide) groups is 1. The molecule has 0 fully saturated rings. The van der Waals surface area contributed by atoms with Crippen LogP contribution in [-0.4, -0.2) is 23.4 Å². The first kappa shape index (κ1) is 17.6. The van der Waals surface area contributed by atoms with E-state index in [-0.39, 0.29) is 26.8 Å². The summed E-state index contributed by atoms with van der Waals surface area (Å²) in [5.74, 6) is -0.587. The van der Waals surface area contributed by atoms with Gasteiger partial charge in [0, 0.05) is 11.0 Å². The first-order valence-electron chi connectivity index (χ1n) is 5.60. The Morgan fingerprint density at radius 2 is 2.10 bits per heavy atom. The third kappa shape index (κ3) is 4.80. The van der Waals surface area contributed by atoms with Crippen LogP contribution >= 0.6 is 35.0 Å². The summed E-state index contributed by atoms with van der Waals surface area (Å²) in [7, 11) is 1.24. The number of esters is 1. The van der Waals surface area contributed by atoms with Crippen molar-refractivity contribution in [3.8, 4) is 0 Å². The number of nitrogens with zero attached hydrogens (tertiary/aromatic N) is 1. The van der Waals surface area contributed by atoms with E-state index in [1.165, 1.54) is 31.0 Å². The van der Waals surface area contributed by atoms with Crippen molar-refractivity contribution in [2.75, 3.05) is 7.11 Å². The molecule has 1 N–H and O–H groups in total. The summed E-state index contributed by atoms with van der Waals surface area (Å²) in [5.41, 5.74) is -0.153. The fraction of sp³-hybridized carbons (Fsp3) is 0.250. The van der Waals surface area contributed by atoms with Crippen LogP contribution in [0.4, 0.5) is 5.69 Å². The number of halogens is 2. The zero-order chi connectivity index (χ0) is 16.2. The van der Waals surface area contributed by atoms with Crippen LogP contribution in [0.15, 0.2) is 29.3 Å². The number of benzene rings is 1. The summed E-state index contributed by atoms with van der Waals surface area (Å²) in [6.45, 7) is 5.27. The molecule has 1 atom stereocenters. The molecule has 0 aromatic heterocycles. The quantitative estimate of drug-likeness (QED) is 0.211.